The van der Waals surface area contributed by atoms with Gasteiger partial charge in [0.05, 0.1) is 12.2 Å². The summed E-state index contributed by atoms with van der Waals surface area (Å²) in [5.41, 5.74) is 2.80. The van der Waals surface area contributed by atoms with Crippen molar-refractivity contribution in [3.63, 3.8) is 0 Å². The zero-order chi connectivity index (χ0) is 16.5. The Morgan fingerprint density at radius 3 is 2.54 bits per heavy atom. The molecular formula is C19H19ClN2O2. The molecule has 5 heteroatoms. The topological polar surface area (TPSA) is 50.4 Å². The molecule has 2 aromatic carbocycles. The minimum Gasteiger partial charge on any atom is -0.367 e. The number of fused-ring (bicyclic) bond motifs is 2. The number of ether oxygens (including phenoxy) is 1. The first-order chi connectivity index (χ1) is 11.7. The van der Waals surface area contributed by atoms with Crippen molar-refractivity contribution in [3.05, 3.63) is 70.2 Å². The number of carbonyl (C=O) groups excluding carboxylic acids is 1. The van der Waals surface area contributed by atoms with Crippen molar-refractivity contribution in [2.24, 2.45) is 0 Å². The summed E-state index contributed by atoms with van der Waals surface area (Å²) < 4.78 is 5.99. The zero-order valence-corrected chi connectivity index (χ0v) is 13.9. The summed E-state index contributed by atoms with van der Waals surface area (Å²) in [7, 11) is 0. The molecule has 2 fully saturated rings. The second kappa shape index (κ2) is 6.55. The molecule has 0 spiro atoms. The van der Waals surface area contributed by atoms with E-state index in [0.717, 1.165) is 24.1 Å². The van der Waals surface area contributed by atoms with Crippen molar-refractivity contribution in [3.8, 4) is 0 Å². The molecule has 2 aromatic rings. The van der Waals surface area contributed by atoms with Crippen LogP contribution in [0.5, 0.6) is 0 Å². The molecule has 4 rings (SSSR count). The molecule has 2 saturated heterocycles. The minimum absolute atomic E-state index is 0.0801. The summed E-state index contributed by atoms with van der Waals surface area (Å²) >= 11 is 5.86. The molecule has 2 heterocycles. The number of carbonyl (C=O) groups is 1. The summed E-state index contributed by atoms with van der Waals surface area (Å²) in [5, 5.41) is 7.09. The Labute approximate surface area is 146 Å². The second-order valence-electron chi connectivity index (χ2n) is 6.36. The first-order valence-corrected chi connectivity index (χ1v) is 8.58. The van der Waals surface area contributed by atoms with Gasteiger partial charge < -0.3 is 15.4 Å². The van der Waals surface area contributed by atoms with Crippen molar-refractivity contribution < 1.29 is 9.53 Å². The van der Waals surface area contributed by atoms with Gasteiger partial charge in [0.2, 0.25) is 0 Å². The quantitative estimate of drug-likeness (QED) is 0.897. The Balaban J connectivity index is 1.37. The van der Waals surface area contributed by atoms with Gasteiger partial charge in [-0.15, -0.1) is 0 Å². The number of hydrogen-bond donors (Lipinski definition) is 2. The highest BCUT2D eigenvalue weighted by Gasteiger charge is 2.41. The maximum atomic E-state index is 12.3. The highest BCUT2D eigenvalue weighted by molar-refractivity contribution is 6.30. The van der Waals surface area contributed by atoms with Crippen LogP contribution in [0.2, 0.25) is 5.02 Å². The van der Waals surface area contributed by atoms with E-state index in [-0.39, 0.29) is 12.0 Å². The third kappa shape index (κ3) is 3.18. The molecule has 0 aromatic heterocycles. The van der Waals surface area contributed by atoms with Crippen molar-refractivity contribution in [2.75, 3.05) is 6.54 Å². The predicted octanol–water partition coefficient (Wildman–Crippen LogP) is 3.07. The van der Waals surface area contributed by atoms with E-state index in [1.54, 1.807) is 0 Å². The van der Waals surface area contributed by atoms with Crippen LogP contribution in [0.3, 0.4) is 0 Å². The number of amides is 1. The van der Waals surface area contributed by atoms with Crippen LogP contribution in [0, 0.1) is 0 Å². The minimum atomic E-state index is -0.0801. The SMILES string of the molecule is O=C(NCc1ccc(Cl)cc1)c1ccc([C@@H]2O[C@H]3CN[C@@H]2C3)cc1. The van der Waals surface area contributed by atoms with Crippen LogP contribution < -0.4 is 10.6 Å². The van der Waals surface area contributed by atoms with E-state index in [1.807, 2.05) is 48.5 Å². The molecule has 0 saturated carbocycles. The lowest BCUT2D eigenvalue weighted by Crippen LogP contribution is -2.34. The predicted molar refractivity (Wildman–Crippen MR) is 93.1 cm³/mol. The average Bonchev–Trinajstić information content (AvgIpc) is 3.24. The fraction of sp³-hybridized carbons (Fsp3) is 0.316. The summed E-state index contributed by atoms with van der Waals surface area (Å²) in [4.78, 5) is 12.3. The van der Waals surface area contributed by atoms with Gasteiger partial charge in [0.15, 0.2) is 0 Å². The molecule has 0 unspecified atom stereocenters. The average molecular weight is 343 g/mol. The van der Waals surface area contributed by atoms with Crippen LogP contribution in [0.4, 0.5) is 0 Å². The van der Waals surface area contributed by atoms with Crippen LogP contribution in [-0.4, -0.2) is 24.6 Å². The Morgan fingerprint density at radius 2 is 1.92 bits per heavy atom. The van der Waals surface area contributed by atoms with Crippen molar-refractivity contribution in [1.29, 1.82) is 0 Å². The lowest BCUT2D eigenvalue weighted by molar-refractivity contribution is 0.0160. The fourth-order valence-corrected chi connectivity index (χ4v) is 3.52. The van der Waals surface area contributed by atoms with Gasteiger partial charge in [0.1, 0.15) is 0 Å². The molecule has 2 aliphatic rings. The first-order valence-electron chi connectivity index (χ1n) is 8.20. The van der Waals surface area contributed by atoms with E-state index in [9.17, 15) is 4.79 Å². The monoisotopic (exact) mass is 342 g/mol. The molecule has 4 nitrogen and oxygen atoms in total. The number of hydrogen-bond acceptors (Lipinski definition) is 3. The molecular weight excluding hydrogens is 324 g/mol. The smallest absolute Gasteiger partial charge is 0.251 e. The lowest BCUT2D eigenvalue weighted by Gasteiger charge is -2.23. The van der Waals surface area contributed by atoms with Crippen LogP contribution in [0.15, 0.2) is 48.5 Å². The normalized spacial score (nSPS) is 25.0. The van der Waals surface area contributed by atoms with E-state index in [4.69, 9.17) is 16.3 Å². The Morgan fingerprint density at radius 1 is 1.17 bits per heavy atom. The van der Waals surface area contributed by atoms with Crippen LogP contribution in [0.1, 0.15) is 34.0 Å². The van der Waals surface area contributed by atoms with E-state index in [1.165, 1.54) is 0 Å². The number of nitrogens with one attached hydrogen (secondary N) is 2. The Bertz CT molecular complexity index is 730. The van der Waals surface area contributed by atoms with Crippen LogP contribution in [-0.2, 0) is 11.3 Å². The molecule has 2 N–H and O–H groups in total. The van der Waals surface area contributed by atoms with Crippen molar-refractivity contribution >= 4 is 17.5 Å². The fourth-order valence-electron chi connectivity index (χ4n) is 3.39. The van der Waals surface area contributed by atoms with E-state index in [0.29, 0.717) is 29.3 Å². The zero-order valence-electron chi connectivity index (χ0n) is 13.2. The lowest BCUT2D eigenvalue weighted by atomic mass is 10.0. The number of halogens is 1. The third-order valence-corrected chi connectivity index (χ3v) is 4.95. The standard InChI is InChI=1S/C19H19ClN2O2/c20-15-7-1-12(2-8-15)10-22-19(23)14-5-3-13(4-6-14)18-17-9-16(24-18)11-21-17/h1-8,16-18,21H,9-11H2,(H,22,23)/t16-,17-,18+/m1/s1. The Kier molecular flexibility index (Phi) is 4.27. The van der Waals surface area contributed by atoms with Gasteiger partial charge in [-0.1, -0.05) is 35.9 Å². The van der Waals surface area contributed by atoms with E-state index in [2.05, 4.69) is 10.6 Å². The molecule has 3 atom stereocenters. The first kappa shape index (κ1) is 15.6. The second-order valence-corrected chi connectivity index (χ2v) is 6.80. The van der Waals surface area contributed by atoms with Crippen LogP contribution >= 0.6 is 11.6 Å². The molecule has 24 heavy (non-hydrogen) atoms. The summed E-state index contributed by atoms with van der Waals surface area (Å²) in [6.07, 6.45) is 1.52. The van der Waals surface area contributed by atoms with Crippen molar-refractivity contribution in [2.45, 2.75) is 31.2 Å². The maximum absolute atomic E-state index is 12.3. The Hall–Kier alpha value is -1.88. The molecule has 0 aliphatic carbocycles. The van der Waals surface area contributed by atoms with Gasteiger partial charge in [0, 0.05) is 29.7 Å². The molecule has 2 bridgehead atoms. The highest BCUT2D eigenvalue weighted by atomic mass is 35.5. The molecule has 0 radical (unpaired) electrons. The van der Waals surface area contributed by atoms with Gasteiger partial charge in [-0.2, -0.15) is 0 Å². The molecule has 2 aliphatic heterocycles. The summed E-state index contributed by atoms with van der Waals surface area (Å²) in [6.45, 7) is 1.43. The van der Waals surface area contributed by atoms with Gasteiger partial charge in [-0.05, 0) is 41.8 Å². The van der Waals surface area contributed by atoms with Gasteiger partial charge in [0.25, 0.3) is 5.91 Å². The summed E-state index contributed by atoms with van der Waals surface area (Å²) in [5.74, 6) is -0.0801. The number of benzene rings is 2. The van der Waals surface area contributed by atoms with Gasteiger partial charge in [-0.25, -0.2) is 0 Å². The van der Waals surface area contributed by atoms with E-state index >= 15 is 0 Å². The largest absolute Gasteiger partial charge is 0.367 e. The van der Waals surface area contributed by atoms with Gasteiger partial charge in [-0.3, -0.25) is 4.79 Å². The van der Waals surface area contributed by atoms with Gasteiger partial charge >= 0.3 is 0 Å². The maximum Gasteiger partial charge on any atom is 0.251 e. The molecule has 1 amide bonds. The molecule has 124 valence electrons. The number of rotatable bonds is 4. The highest BCUT2D eigenvalue weighted by Crippen LogP contribution is 2.36. The number of morpholine rings is 1. The van der Waals surface area contributed by atoms with Crippen LogP contribution in [0.25, 0.3) is 0 Å². The third-order valence-electron chi connectivity index (χ3n) is 4.70. The van der Waals surface area contributed by atoms with Crippen molar-refractivity contribution in [1.82, 2.24) is 10.6 Å². The van der Waals surface area contributed by atoms with E-state index < -0.39 is 0 Å². The summed E-state index contributed by atoms with van der Waals surface area (Å²) in [6, 6.07) is 15.6.